The number of benzene rings is 2. The first-order chi connectivity index (χ1) is 16.7. The molecule has 34 heavy (non-hydrogen) atoms. The van der Waals surface area contributed by atoms with Crippen LogP contribution in [0.25, 0.3) is 11.1 Å². The highest BCUT2D eigenvalue weighted by molar-refractivity contribution is 5.93. The predicted octanol–water partition coefficient (Wildman–Crippen LogP) is 2.99. The van der Waals surface area contributed by atoms with E-state index in [0.717, 1.165) is 37.6 Å². The summed E-state index contributed by atoms with van der Waals surface area (Å²) in [5.74, 6) is 0.0606. The Bertz CT molecular complexity index is 874. The SMILES string of the molecule is O=C(OCCOCC1COC1)c1cccc(-c2cccc(C(=O)OCCOCC3COC3)c2)c1. The van der Waals surface area contributed by atoms with Crippen LogP contribution in [-0.2, 0) is 28.4 Å². The van der Waals surface area contributed by atoms with E-state index in [4.69, 9.17) is 28.4 Å². The average molecular weight is 471 g/mol. The van der Waals surface area contributed by atoms with Crippen molar-refractivity contribution in [3.05, 3.63) is 59.7 Å². The van der Waals surface area contributed by atoms with Crippen molar-refractivity contribution in [2.24, 2.45) is 11.8 Å². The maximum atomic E-state index is 12.4. The maximum Gasteiger partial charge on any atom is 0.338 e. The molecule has 0 bridgehead atoms. The van der Waals surface area contributed by atoms with Crippen molar-refractivity contribution in [1.29, 1.82) is 0 Å². The van der Waals surface area contributed by atoms with E-state index in [-0.39, 0.29) is 13.2 Å². The van der Waals surface area contributed by atoms with Gasteiger partial charge in [0.2, 0.25) is 0 Å². The highest BCUT2D eigenvalue weighted by Crippen LogP contribution is 2.22. The van der Waals surface area contributed by atoms with Gasteiger partial charge in [-0.15, -0.1) is 0 Å². The lowest BCUT2D eigenvalue weighted by molar-refractivity contribution is -0.0755. The molecule has 0 saturated carbocycles. The molecule has 0 spiro atoms. The average Bonchev–Trinajstić information content (AvgIpc) is 2.81. The largest absolute Gasteiger partial charge is 0.460 e. The lowest BCUT2D eigenvalue weighted by atomic mass is 10.0. The number of carbonyl (C=O) groups is 2. The molecule has 0 atom stereocenters. The Balaban J connectivity index is 1.24. The van der Waals surface area contributed by atoms with Crippen molar-refractivity contribution in [2.75, 3.05) is 66.1 Å². The summed E-state index contributed by atoms with van der Waals surface area (Å²) in [4.78, 5) is 24.8. The smallest absolute Gasteiger partial charge is 0.338 e. The molecule has 182 valence electrons. The van der Waals surface area contributed by atoms with E-state index in [1.165, 1.54) is 0 Å². The van der Waals surface area contributed by atoms with Crippen LogP contribution in [0.5, 0.6) is 0 Å². The molecular weight excluding hydrogens is 440 g/mol. The van der Waals surface area contributed by atoms with Gasteiger partial charge in [-0.3, -0.25) is 0 Å². The zero-order valence-electron chi connectivity index (χ0n) is 19.1. The summed E-state index contributed by atoms with van der Waals surface area (Å²) in [7, 11) is 0. The van der Waals surface area contributed by atoms with Crippen molar-refractivity contribution in [1.82, 2.24) is 0 Å². The standard InChI is InChI=1S/C26H30O8/c27-25(33-9-7-29-13-19-15-31-16-19)23-5-1-3-21(11-23)22-4-2-6-24(12-22)26(28)34-10-8-30-14-20-17-32-18-20/h1-6,11-12,19-20H,7-10,13-18H2. The van der Waals surface area contributed by atoms with Gasteiger partial charge in [-0.2, -0.15) is 0 Å². The summed E-state index contributed by atoms with van der Waals surface area (Å²) in [5.41, 5.74) is 2.48. The van der Waals surface area contributed by atoms with Crippen LogP contribution in [0.2, 0.25) is 0 Å². The Morgan fingerprint density at radius 1 is 0.676 bits per heavy atom. The molecular formula is C26H30O8. The van der Waals surface area contributed by atoms with Gasteiger partial charge in [-0.25, -0.2) is 9.59 Å². The zero-order chi connectivity index (χ0) is 23.6. The summed E-state index contributed by atoms with van der Waals surface area (Å²) in [6, 6.07) is 14.2. The van der Waals surface area contributed by atoms with Gasteiger partial charge in [0.1, 0.15) is 13.2 Å². The van der Waals surface area contributed by atoms with E-state index in [0.29, 0.717) is 49.4 Å². The monoisotopic (exact) mass is 470 g/mol. The number of rotatable bonds is 13. The van der Waals surface area contributed by atoms with E-state index in [9.17, 15) is 9.59 Å². The Morgan fingerprint density at radius 2 is 1.12 bits per heavy atom. The Hall–Kier alpha value is -2.78. The van der Waals surface area contributed by atoms with Gasteiger partial charge in [0.25, 0.3) is 0 Å². The number of esters is 2. The highest BCUT2D eigenvalue weighted by Gasteiger charge is 2.19. The Labute approximate surface area is 199 Å². The fourth-order valence-corrected chi connectivity index (χ4v) is 3.47. The second kappa shape index (κ2) is 12.6. The Morgan fingerprint density at radius 3 is 1.50 bits per heavy atom. The van der Waals surface area contributed by atoms with Crippen LogP contribution in [0.15, 0.2) is 48.5 Å². The fraction of sp³-hybridized carbons (Fsp3) is 0.462. The molecule has 0 N–H and O–H groups in total. The van der Waals surface area contributed by atoms with E-state index < -0.39 is 11.9 Å². The molecule has 2 aliphatic heterocycles. The van der Waals surface area contributed by atoms with E-state index >= 15 is 0 Å². The summed E-state index contributed by atoms with van der Waals surface area (Å²) in [6.45, 7) is 5.26. The molecule has 0 aliphatic carbocycles. The molecule has 0 amide bonds. The molecule has 2 fully saturated rings. The minimum absolute atomic E-state index is 0.191. The van der Waals surface area contributed by atoms with Crippen molar-refractivity contribution in [3.63, 3.8) is 0 Å². The van der Waals surface area contributed by atoms with Gasteiger partial charge in [0, 0.05) is 11.8 Å². The first-order valence-electron chi connectivity index (χ1n) is 11.5. The molecule has 4 rings (SSSR count). The molecule has 0 radical (unpaired) electrons. The van der Waals surface area contributed by atoms with Gasteiger partial charge >= 0.3 is 11.9 Å². The molecule has 0 aromatic heterocycles. The van der Waals surface area contributed by atoms with Crippen LogP contribution >= 0.6 is 0 Å². The number of hydrogen-bond acceptors (Lipinski definition) is 8. The van der Waals surface area contributed by atoms with Crippen LogP contribution in [0.1, 0.15) is 20.7 Å². The molecule has 0 unspecified atom stereocenters. The topological polar surface area (TPSA) is 89.5 Å². The number of hydrogen-bond donors (Lipinski definition) is 0. The first kappa shape index (κ1) is 24.3. The first-order valence-corrected chi connectivity index (χ1v) is 11.5. The molecule has 2 aromatic carbocycles. The van der Waals surface area contributed by atoms with Crippen molar-refractivity contribution in [2.45, 2.75) is 0 Å². The number of carbonyl (C=O) groups excluding carboxylic acids is 2. The fourth-order valence-electron chi connectivity index (χ4n) is 3.47. The summed E-state index contributed by atoms with van der Waals surface area (Å²) < 4.78 is 31.8. The highest BCUT2D eigenvalue weighted by atomic mass is 16.6. The van der Waals surface area contributed by atoms with Crippen molar-refractivity contribution in [3.8, 4) is 11.1 Å². The predicted molar refractivity (Wildman–Crippen MR) is 123 cm³/mol. The third-order valence-electron chi connectivity index (χ3n) is 5.57. The molecule has 2 heterocycles. The van der Waals surface area contributed by atoms with Gasteiger partial charge in [-0.1, -0.05) is 24.3 Å². The molecule has 2 aromatic rings. The van der Waals surface area contributed by atoms with Crippen LogP contribution in [0.4, 0.5) is 0 Å². The summed E-state index contributed by atoms with van der Waals surface area (Å²) in [6.07, 6.45) is 0. The van der Waals surface area contributed by atoms with E-state index in [1.54, 1.807) is 36.4 Å². The third-order valence-corrected chi connectivity index (χ3v) is 5.57. The van der Waals surface area contributed by atoms with Gasteiger partial charge in [-0.05, 0) is 35.4 Å². The normalized spacial score (nSPS) is 15.9. The molecule has 2 saturated heterocycles. The second-order valence-electron chi connectivity index (χ2n) is 8.39. The maximum absolute atomic E-state index is 12.4. The van der Waals surface area contributed by atoms with Crippen molar-refractivity contribution >= 4 is 11.9 Å². The van der Waals surface area contributed by atoms with Gasteiger partial charge < -0.3 is 28.4 Å². The second-order valence-corrected chi connectivity index (χ2v) is 8.39. The van der Waals surface area contributed by atoms with Gasteiger partial charge in [0.15, 0.2) is 0 Å². The lowest BCUT2D eigenvalue weighted by Gasteiger charge is -2.25. The minimum Gasteiger partial charge on any atom is -0.460 e. The van der Waals surface area contributed by atoms with E-state index in [2.05, 4.69) is 0 Å². The number of ether oxygens (including phenoxy) is 6. The molecule has 8 nitrogen and oxygen atoms in total. The lowest BCUT2D eigenvalue weighted by Crippen LogP contribution is -2.32. The molecule has 8 heteroatoms. The van der Waals surface area contributed by atoms with Crippen LogP contribution < -0.4 is 0 Å². The summed E-state index contributed by atoms with van der Waals surface area (Å²) in [5, 5.41) is 0. The van der Waals surface area contributed by atoms with Gasteiger partial charge in [0.05, 0.1) is 64.0 Å². The zero-order valence-corrected chi connectivity index (χ0v) is 19.1. The van der Waals surface area contributed by atoms with E-state index in [1.807, 2.05) is 12.1 Å². The Kier molecular flexibility index (Phi) is 9.04. The van der Waals surface area contributed by atoms with Crippen LogP contribution in [0, 0.1) is 11.8 Å². The molecule has 2 aliphatic rings. The van der Waals surface area contributed by atoms with Crippen LogP contribution in [0.3, 0.4) is 0 Å². The quantitative estimate of drug-likeness (QED) is 0.326. The summed E-state index contributed by atoms with van der Waals surface area (Å²) >= 11 is 0. The third kappa shape index (κ3) is 7.11. The van der Waals surface area contributed by atoms with Crippen LogP contribution in [-0.4, -0.2) is 78.0 Å². The minimum atomic E-state index is -0.415. The van der Waals surface area contributed by atoms with Crippen molar-refractivity contribution < 1.29 is 38.0 Å².